The summed E-state index contributed by atoms with van der Waals surface area (Å²) >= 11 is 0. The molecule has 0 bridgehead atoms. The summed E-state index contributed by atoms with van der Waals surface area (Å²) in [5, 5.41) is 12.0. The predicted octanol–water partition coefficient (Wildman–Crippen LogP) is 0.548. The van der Waals surface area contributed by atoms with E-state index in [0.29, 0.717) is 31.4 Å². The number of ether oxygens (including phenoxy) is 1. The molecule has 0 saturated heterocycles. The van der Waals surface area contributed by atoms with Crippen molar-refractivity contribution < 1.29 is 14.6 Å². The summed E-state index contributed by atoms with van der Waals surface area (Å²) in [6.07, 6.45) is 3.81. The molecule has 2 atom stereocenters. The Hall–Kier alpha value is -0.610. The van der Waals surface area contributed by atoms with Gasteiger partial charge in [-0.1, -0.05) is 6.42 Å². The molecule has 0 aromatic rings. The Balaban J connectivity index is 2.15. The Kier molecular flexibility index (Phi) is 5.65. The minimum Gasteiger partial charge on any atom is -0.396 e. The molecule has 15 heavy (non-hydrogen) atoms. The number of carbonyl (C=O) groups is 1. The van der Waals surface area contributed by atoms with Crippen LogP contribution < -0.4 is 5.32 Å². The van der Waals surface area contributed by atoms with Gasteiger partial charge in [0.15, 0.2) is 0 Å². The van der Waals surface area contributed by atoms with Crippen LogP contribution in [0.4, 0.5) is 0 Å². The summed E-state index contributed by atoms with van der Waals surface area (Å²) in [7, 11) is 1.59. The van der Waals surface area contributed by atoms with Gasteiger partial charge in [0.25, 0.3) is 0 Å². The van der Waals surface area contributed by atoms with Crippen LogP contribution in [0.2, 0.25) is 0 Å². The zero-order valence-corrected chi connectivity index (χ0v) is 9.37. The molecule has 1 aliphatic carbocycles. The van der Waals surface area contributed by atoms with E-state index in [0.717, 1.165) is 12.8 Å². The van der Waals surface area contributed by atoms with Crippen molar-refractivity contribution in [3.8, 4) is 0 Å². The number of hydrogen-bond acceptors (Lipinski definition) is 3. The van der Waals surface area contributed by atoms with E-state index >= 15 is 0 Å². The molecule has 88 valence electrons. The lowest BCUT2D eigenvalue weighted by atomic mass is 9.97. The van der Waals surface area contributed by atoms with Gasteiger partial charge in [-0.2, -0.15) is 0 Å². The molecule has 1 rings (SSSR count). The Morgan fingerprint density at radius 3 is 2.87 bits per heavy atom. The normalized spacial score (nSPS) is 25.5. The van der Waals surface area contributed by atoms with E-state index in [9.17, 15) is 4.79 Å². The highest BCUT2D eigenvalue weighted by Gasteiger charge is 2.26. The maximum Gasteiger partial charge on any atom is 0.222 e. The minimum absolute atomic E-state index is 0.0421. The van der Waals surface area contributed by atoms with Crippen molar-refractivity contribution in [2.45, 2.75) is 25.7 Å². The molecule has 0 radical (unpaired) electrons. The minimum atomic E-state index is 0.0421. The summed E-state index contributed by atoms with van der Waals surface area (Å²) in [4.78, 5) is 11.3. The molecule has 2 N–H and O–H groups in total. The zero-order valence-electron chi connectivity index (χ0n) is 9.37. The highest BCUT2D eigenvalue weighted by Crippen LogP contribution is 2.30. The van der Waals surface area contributed by atoms with Gasteiger partial charge in [0.2, 0.25) is 5.91 Å². The van der Waals surface area contributed by atoms with Crippen molar-refractivity contribution in [3.63, 3.8) is 0 Å². The average molecular weight is 215 g/mol. The monoisotopic (exact) mass is 215 g/mol. The average Bonchev–Trinajstić information content (AvgIpc) is 2.70. The number of nitrogens with one attached hydrogen (secondary N) is 1. The van der Waals surface area contributed by atoms with E-state index < -0.39 is 0 Å². The van der Waals surface area contributed by atoms with Crippen LogP contribution in [-0.4, -0.2) is 37.9 Å². The molecule has 1 aliphatic rings. The Labute approximate surface area is 91.0 Å². The number of rotatable bonds is 6. The van der Waals surface area contributed by atoms with Crippen LogP contribution in [-0.2, 0) is 9.53 Å². The van der Waals surface area contributed by atoms with Gasteiger partial charge in [-0.05, 0) is 24.7 Å². The molecule has 1 fully saturated rings. The van der Waals surface area contributed by atoms with E-state index in [1.807, 2.05) is 0 Å². The molecular weight excluding hydrogens is 194 g/mol. The highest BCUT2D eigenvalue weighted by atomic mass is 16.5. The highest BCUT2D eigenvalue weighted by molar-refractivity contribution is 5.75. The standard InChI is InChI=1S/C11H21NO3/c1-15-6-5-11(14)12-7-9-3-2-4-10(9)8-13/h9-10,13H,2-8H2,1H3,(H,12,14). The molecular formula is C11H21NO3. The fraction of sp³-hybridized carbons (Fsp3) is 0.909. The van der Waals surface area contributed by atoms with Crippen molar-refractivity contribution in [2.75, 3.05) is 26.9 Å². The smallest absolute Gasteiger partial charge is 0.222 e. The van der Waals surface area contributed by atoms with Gasteiger partial charge in [-0.15, -0.1) is 0 Å². The second-order valence-electron chi connectivity index (χ2n) is 4.18. The first-order valence-corrected chi connectivity index (χ1v) is 5.64. The zero-order chi connectivity index (χ0) is 11.1. The molecule has 4 heteroatoms. The molecule has 0 aromatic carbocycles. The topological polar surface area (TPSA) is 58.6 Å². The third-order valence-electron chi connectivity index (χ3n) is 3.15. The summed E-state index contributed by atoms with van der Waals surface area (Å²) < 4.78 is 4.83. The largest absolute Gasteiger partial charge is 0.396 e. The molecule has 1 amide bonds. The maximum absolute atomic E-state index is 11.3. The molecule has 0 heterocycles. The van der Waals surface area contributed by atoms with Gasteiger partial charge in [-0.3, -0.25) is 4.79 Å². The SMILES string of the molecule is COCCC(=O)NCC1CCCC1CO. The summed E-state index contributed by atoms with van der Waals surface area (Å²) in [5.41, 5.74) is 0. The van der Waals surface area contributed by atoms with Gasteiger partial charge in [0, 0.05) is 26.7 Å². The van der Waals surface area contributed by atoms with Crippen LogP contribution in [0.25, 0.3) is 0 Å². The number of carbonyl (C=O) groups excluding carboxylic acids is 1. The third kappa shape index (κ3) is 4.18. The number of hydrogen-bond donors (Lipinski definition) is 2. The van der Waals surface area contributed by atoms with E-state index in [-0.39, 0.29) is 12.5 Å². The summed E-state index contributed by atoms with van der Waals surface area (Å²) in [6, 6.07) is 0. The predicted molar refractivity (Wildman–Crippen MR) is 57.4 cm³/mol. The first-order valence-electron chi connectivity index (χ1n) is 5.64. The van der Waals surface area contributed by atoms with E-state index in [2.05, 4.69) is 5.32 Å². The van der Waals surface area contributed by atoms with Crippen LogP contribution >= 0.6 is 0 Å². The van der Waals surface area contributed by atoms with E-state index in [1.54, 1.807) is 7.11 Å². The van der Waals surface area contributed by atoms with Crippen molar-refractivity contribution in [1.29, 1.82) is 0 Å². The lowest BCUT2D eigenvalue weighted by Crippen LogP contribution is -2.32. The molecule has 0 aromatic heterocycles. The van der Waals surface area contributed by atoms with Gasteiger partial charge in [-0.25, -0.2) is 0 Å². The quantitative estimate of drug-likeness (QED) is 0.680. The van der Waals surface area contributed by atoms with Crippen molar-refractivity contribution >= 4 is 5.91 Å². The van der Waals surface area contributed by atoms with Gasteiger partial charge in [0.1, 0.15) is 0 Å². The maximum atomic E-state index is 11.3. The number of aliphatic hydroxyl groups excluding tert-OH is 1. The summed E-state index contributed by atoms with van der Waals surface area (Å²) in [6.45, 7) is 1.42. The van der Waals surface area contributed by atoms with Crippen molar-refractivity contribution in [2.24, 2.45) is 11.8 Å². The number of amides is 1. The Morgan fingerprint density at radius 1 is 1.47 bits per heavy atom. The Morgan fingerprint density at radius 2 is 2.20 bits per heavy atom. The lowest BCUT2D eigenvalue weighted by molar-refractivity contribution is -0.122. The second-order valence-corrected chi connectivity index (χ2v) is 4.18. The van der Waals surface area contributed by atoms with E-state index in [1.165, 1.54) is 6.42 Å². The van der Waals surface area contributed by atoms with Gasteiger partial charge >= 0.3 is 0 Å². The van der Waals surface area contributed by atoms with Gasteiger partial charge < -0.3 is 15.2 Å². The van der Waals surface area contributed by atoms with Crippen molar-refractivity contribution in [1.82, 2.24) is 5.32 Å². The number of methoxy groups -OCH3 is 1. The van der Waals surface area contributed by atoms with Crippen LogP contribution in [0.5, 0.6) is 0 Å². The molecule has 1 saturated carbocycles. The molecule has 4 nitrogen and oxygen atoms in total. The first kappa shape index (κ1) is 12.5. The molecule has 2 unspecified atom stereocenters. The van der Waals surface area contributed by atoms with E-state index in [4.69, 9.17) is 9.84 Å². The fourth-order valence-electron chi connectivity index (χ4n) is 2.15. The summed E-state index contributed by atoms with van der Waals surface area (Å²) in [5.74, 6) is 0.884. The fourth-order valence-corrected chi connectivity index (χ4v) is 2.15. The number of aliphatic hydroxyl groups is 1. The van der Waals surface area contributed by atoms with Crippen LogP contribution in [0, 0.1) is 11.8 Å². The lowest BCUT2D eigenvalue weighted by Gasteiger charge is -2.17. The van der Waals surface area contributed by atoms with Crippen molar-refractivity contribution in [3.05, 3.63) is 0 Å². The second kappa shape index (κ2) is 6.80. The van der Waals surface area contributed by atoms with Gasteiger partial charge in [0.05, 0.1) is 6.61 Å². The Bertz CT molecular complexity index is 196. The van der Waals surface area contributed by atoms with Crippen LogP contribution in [0.15, 0.2) is 0 Å². The third-order valence-corrected chi connectivity index (χ3v) is 3.15. The first-order chi connectivity index (χ1) is 7.27. The molecule has 0 spiro atoms. The van der Waals surface area contributed by atoms with Crippen LogP contribution in [0.3, 0.4) is 0 Å². The van der Waals surface area contributed by atoms with Crippen LogP contribution in [0.1, 0.15) is 25.7 Å². The molecule has 0 aliphatic heterocycles.